The molecule has 0 amide bonds. The van der Waals surface area contributed by atoms with Gasteiger partial charge < -0.3 is 5.21 Å². The van der Waals surface area contributed by atoms with E-state index in [1.165, 1.54) is 6.07 Å². The summed E-state index contributed by atoms with van der Waals surface area (Å²) in [5, 5.41) is 11.2. The molecule has 0 aliphatic carbocycles. The highest BCUT2D eigenvalue weighted by Gasteiger charge is 2.09. The molecule has 0 saturated carbocycles. The van der Waals surface area contributed by atoms with Gasteiger partial charge in [0, 0.05) is 11.6 Å². The lowest BCUT2D eigenvalue weighted by Gasteiger charge is -2.01. The summed E-state index contributed by atoms with van der Waals surface area (Å²) in [7, 11) is 0. The maximum absolute atomic E-state index is 13.0. The third kappa shape index (κ3) is 2.15. The van der Waals surface area contributed by atoms with Crippen molar-refractivity contribution in [3.05, 3.63) is 35.4 Å². The van der Waals surface area contributed by atoms with Crippen LogP contribution in [0.25, 0.3) is 0 Å². The van der Waals surface area contributed by atoms with Crippen LogP contribution in [-0.2, 0) is 0 Å². The first-order valence-corrected chi connectivity index (χ1v) is 3.94. The Bertz CT molecular complexity index is 341. The summed E-state index contributed by atoms with van der Waals surface area (Å²) < 4.78 is 25.4. The highest BCUT2D eigenvalue weighted by atomic mass is 35.5. The summed E-state index contributed by atoms with van der Waals surface area (Å²) in [6.45, 7) is 0. The SMILES string of the molecule is O/N=C(\CCl)c1ccc(F)cc1F. The van der Waals surface area contributed by atoms with Gasteiger partial charge in [-0.25, -0.2) is 8.78 Å². The second-order valence-electron chi connectivity index (χ2n) is 2.30. The zero-order valence-corrected chi connectivity index (χ0v) is 7.22. The van der Waals surface area contributed by atoms with E-state index in [2.05, 4.69) is 5.16 Å². The number of benzene rings is 1. The molecule has 1 rings (SSSR count). The Kier molecular flexibility index (Phi) is 3.19. The molecular weight excluding hydrogens is 200 g/mol. The largest absolute Gasteiger partial charge is 0.411 e. The molecule has 0 aliphatic rings. The number of halogens is 3. The monoisotopic (exact) mass is 205 g/mol. The summed E-state index contributed by atoms with van der Waals surface area (Å²) in [6.07, 6.45) is 0. The normalized spacial score (nSPS) is 11.8. The van der Waals surface area contributed by atoms with Crippen LogP contribution >= 0.6 is 11.6 Å². The van der Waals surface area contributed by atoms with E-state index in [1.54, 1.807) is 0 Å². The zero-order chi connectivity index (χ0) is 9.84. The van der Waals surface area contributed by atoms with E-state index in [-0.39, 0.29) is 17.2 Å². The molecule has 0 spiro atoms. The molecule has 1 aromatic rings. The minimum absolute atomic E-state index is 0.00102. The molecule has 5 heteroatoms. The van der Waals surface area contributed by atoms with Crippen molar-refractivity contribution in [3.63, 3.8) is 0 Å². The van der Waals surface area contributed by atoms with Crippen molar-refractivity contribution < 1.29 is 14.0 Å². The Hall–Kier alpha value is -1.16. The van der Waals surface area contributed by atoms with Crippen molar-refractivity contribution in [3.8, 4) is 0 Å². The quantitative estimate of drug-likeness (QED) is 0.342. The lowest BCUT2D eigenvalue weighted by Crippen LogP contribution is -2.05. The maximum atomic E-state index is 13.0. The van der Waals surface area contributed by atoms with Crippen LogP contribution < -0.4 is 0 Å². The van der Waals surface area contributed by atoms with Gasteiger partial charge in [0.05, 0.1) is 5.88 Å². The fourth-order valence-corrected chi connectivity index (χ4v) is 1.07. The first-order chi connectivity index (χ1) is 6.19. The fraction of sp³-hybridized carbons (Fsp3) is 0.125. The molecule has 2 nitrogen and oxygen atoms in total. The molecule has 0 aliphatic heterocycles. The molecule has 1 N–H and O–H groups in total. The van der Waals surface area contributed by atoms with Gasteiger partial charge in [-0.05, 0) is 12.1 Å². The van der Waals surface area contributed by atoms with Crippen LogP contribution in [0.15, 0.2) is 23.4 Å². The van der Waals surface area contributed by atoms with Crippen LogP contribution in [0.4, 0.5) is 8.78 Å². The molecular formula is C8H6ClF2NO. The minimum Gasteiger partial charge on any atom is -0.411 e. The second-order valence-corrected chi connectivity index (χ2v) is 2.57. The lowest BCUT2D eigenvalue weighted by atomic mass is 10.1. The maximum Gasteiger partial charge on any atom is 0.135 e. The molecule has 0 fully saturated rings. The summed E-state index contributed by atoms with van der Waals surface area (Å²) in [4.78, 5) is 0. The van der Waals surface area contributed by atoms with Crippen LogP contribution in [-0.4, -0.2) is 16.8 Å². The van der Waals surface area contributed by atoms with Gasteiger partial charge in [-0.15, -0.1) is 11.6 Å². The summed E-state index contributed by atoms with van der Waals surface area (Å²) in [5.74, 6) is -1.62. The molecule has 1 aromatic carbocycles. The average Bonchev–Trinajstić information content (AvgIpc) is 2.10. The van der Waals surface area contributed by atoms with Gasteiger partial charge in [0.25, 0.3) is 0 Å². The Morgan fingerprint density at radius 2 is 2.15 bits per heavy atom. The number of hydrogen-bond donors (Lipinski definition) is 1. The Morgan fingerprint density at radius 1 is 1.46 bits per heavy atom. The van der Waals surface area contributed by atoms with E-state index in [1.807, 2.05) is 0 Å². The first-order valence-electron chi connectivity index (χ1n) is 3.41. The van der Waals surface area contributed by atoms with Crippen LogP contribution in [0.2, 0.25) is 0 Å². The molecule has 0 aromatic heterocycles. The number of rotatable bonds is 2. The molecule has 0 bridgehead atoms. The standard InChI is InChI=1S/C8H6ClF2NO/c9-4-8(12-13)6-2-1-5(10)3-7(6)11/h1-3,13H,4H2/b12-8+. The molecule has 0 atom stereocenters. The lowest BCUT2D eigenvalue weighted by molar-refractivity contribution is 0.319. The predicted octanol–water partition coefficient (Wildman–Crippen LogP) is 2.38. The van der Waals surface area contributed by atoms with E-state index in [9.17, 15) is 8.78 Å². The molecule has 0 heterocycles. The highest BCUT2D eigenvalue weighted by molar-refractivity contribution is 6.31. The summed E-state index contributed by atoms with van der Waals surface area (Å²) >= 11 is 5.36. The van der Waals surface area contributed by atoms with Gasteiger partial charge in [-0.1, -0.05) is 5.16 Å². The van der Waals surface area contributed by atoms with Crippen molar-refractivity contribution in [2.45, 2.75) is 0 Å². The molecule has 0 radical (unpaired) electrons. The van der Waals surface area contributed by atoms with Crippen LogP contribution in [0, 0.1) is 11.6 Å². The summed E-state index contributed by atoms with van der Waals surface area (Å²) in [6, 6.07) is 2.94. The van der Waals surface area contributed by atoms with E-state index in [0.717, 1.165) is 6.07 Å². The predicted molar refractivity (Wildman–Crippen MR) is 45.4 cm³/mol. The molecule has 0 unspecified atom stereocenters. The van der Waals surface area contributed by atoms with Crippen molar-refractivity contribution in [2.24, 2.45) is 5.16 Å². The Morgan fingerprint density at radius 3 is 2.62 bits per heavy atom. The first kappa shape index (κ1) is 9.92. The van der Waals surface area contributed by atoms with Crippen molar-refractivity contribution >= 4 is 17.3 Å². The molecule has 0 saturated heterocycles. The zero-order valence-electron chi connectivity index (χ0n) is 6.47. The number of hydrogen-bond acceptors (Lipinski definition) is 2. The smallest absolute Gasteiger partial charge is 0.135 e. The van der Waals surface area contributed by atoms with Gasteiger partial charge in [-0.2, -0.15) is 0 Å². The van der Waals surface area contributed by atoms with E-state index in [4.69, 9.17) is 16.8 Å². The third-order valence-electron chi connectivity index (χ3n) is 1.49. The molecule has 13 heavy (non-hydrogen) atoms. The van der Waals surface area contributed by atoms with E-state index >= 15 is 0 Å². The topological polar surface area (TPSA) is 32.6 Å². The number of nitrogens with zero attached hydrogens (tertiary/aromatic N) is 1. The van der Waals surface area contributed by atoms with Crippen LogP contribution in [0.1, 0.15) is 5.56 Å². The van der Waals surface area contributed by atoms with Crippen molar-refractivity contribution in [2.75, 3.05) is 5.88 Å². The van der Waals surface area contributed by atoms with Gasteiger partial charge in [0.1, 0.15) is 17.3 Å². The fourth-order valence-electron chi connectivity index (χ4n) is 0.876. The van der Waals surface area contributed by atoms with Crippen LogP contribution in [0.5, 0.6) is 0 Å². The number of oxime groups is 1. The average molecular weight is 206 g/mol. The number of alkyl halides is 1. The van der Waals surface area contributed by atoms with Gasteiger partial charge >= 0.3 is 0 Å². The van der Waals surface area contributed by atoms with E-state index < -0.39 is 11.6 Å². The Balaban J connectivity index is 3.15. The van der Waals surface area contributed by atoms with Gasteiger partial charge in [0.2, 0.25) is 0 Å². The minimum atomic E-state index is -0.798. The second kappa shape index (κ2) is 4.18. The molecule has 70 valence electrons. The van der Waals surface area contributed by atoms with Gasteiger partial charge in [-0.3, -0.25) is 0 Å². The Labute approximate surface area is 78.4 Å². The summed E-state index contributed by atoms with van der Waals surface area (Å²) in [5.41, 5.74) is -0.0296. The van der Waals surface area contributed by atoms with Crippen molar-refractivity contribution in [1.29, 1.82) is 0 Å². The van der Waals surface area contributed by atoms with E-state index in [0.29, 0.717) is 6.07 Å². The van der Waals surface area contributed by atoms with Crippen molar-refractivity contribution in [1.82, 2.24) is 0 Å². The third-order valence-corrected chi connectivity index (χ3v) is 1.74. The highest BCUT2D eigenvalue weighted by Crippen LogP contribution is 2.11. The van der Waals surface area contributed by atoms with Gasteiger partial charge in [0.15, 0.2) is 0 Å². The van der Waals surface area contributed by atoms with Crippen LogP contribution in [0.3, 0.4) is 0 Å².